The number of nitrogens with two attached hydrogens (primary N) is 1. The molecule has 0 aliphatic carbocycles. The molecule has 16 heavy (non-hydrogen) atoms. The van der Waals surface area contributed by atoms with Crippen molar-refractivity contribution < 1.29 is 4.79 Å². The Labute approximate surface area is 98.9 Å². The smallest absolute Gasteiger partial charge is 0.237 e. The van der Waals surface area contributed by atoms with Crippen molar-refractivity contribution in [2.75, 3.05) is 26.2 Å². The number of nitrogens with zero attached hydrogens (tertiary/aromatic N) is 1. The minimum Gasteiger partial charge on any atom is -0.355 e. The van der Waals surface area contributed by atoms with Crippen LogP contribution in [0.15, 0.2) is 12.7 Å². The van der Waals surface area contributed by atoms with E-state index in [0.717, 1.165) is 26.1 Å². The molecule has 0 aromatic rings. The van der Waals surface area contributed by atoms with Gasteiger partial charge in [0.2, 0.25) is 5.91 Å². The van der Waals surface area contributed by atoms with Gasteiger partial charge in [0.25, 0.3) is 0 Å². The first kappa shape index (κ1) is 15.1. The van der Waals surface area contributed by atoms with Crippen LogP contribution in [0.5, 0.6) is 0 Å². The number of carbonyl (C=O) groups is 1. The highest BCUT2D eigenvalue weighted by Gasteiger charge is 2.10. The van der Waals surface area contributed by atoms with Gasteiger partial charge >= 0.3 is 0 Å². The summed E-state index contributed by atoms with van der Waals surface area (Å²) in [5.74, 6) is -0.0838. The van der Waals surface area contributed by atoms with Crippen LogP contribution >= 0.6 is 0 Å². The lowest BCUT2D eigenvalue weighted by molar-refractivity contribution is -0.122. The molecule has 0 fully saturated rings. The maximum Gasteiger partial charge on any atom is 0.237 e. The van der Waals surface area contributed by atoms with E-state index in [1.165, 1.54) is 0 Å². The quantitative estimate of drug-likeness (QED) is 0.451. The van der Waals surface area contributed by atoms with Crippen molar-refractivity contribution in [3.05, 3.63) is 12.7 Å². The Morgan fingerprint density at radius 1 is 1.50 bits per heavy atom. The minimum absolute atomic E-state index is 0.0838. The summed E-state index contributed by atoms with van der Waals surface area (Å²) in [4.78, 5) is 13.7. The highest BCUT2D eigenvalue weighted by molar-refractivity contribution is 5.81. The molecule has 0 spiro atoms. The molecule has 0 aliphatic heterocycles. The molecule has 1 unspecified atom stereocenters. The van der Waals surface area contributed by atoms with Gasteiger partial charge < -0.3 is 16.0 Å². The van der Waals surface area contributed by atoms with E-state index in [1.807, 2.05) is 0 Å². The van der Waals surface area contributed by atoms with Crippen LogP contribution in [0.1, 0.15) is 26.7 Å². The van der Waals surface area contributed by atoms with Crippen LogP contribution in [0.4, 0.5) is 0 Å². The molecule has 0 heterocycles. The largest absolute Gasteiger partial charge is 0.355 e. The fraction of sp³-hybridized carbons (Fsp3) is 0.750. The SMILES string of the molecule is C=CCC(N)C(=O)NCCCN(CC)CC. The van der Waals surface area contributed by atoms with Crippen molar-refractivity contribution in [2.24, 2.45) is 5.73 Å². The third kappa shape index (κ3) is 6.58. The maximum atomic E-state index is 11.4. The van der Waals surface area contributed by atoms with E-state index in [-0.39, 0.29) is 5.91 Å². The lowest BCUT2D eigenvalue weighted by Crippen LogP contribution is -2.41. The average molecular weight is 227 g/mol. The molecule has 1 atom stereocenters. The first-order valence-electron chi connectivity index (χ1n) is 6.02. The summed E-state index contributed by atoms with van der Waals surface area (Å²) in [6, 6.07) is -0.453. The first-order chi connectivity index (χ1) is 7.65. The van der Waals surface area contributed by atoms with Gasteiger partial charge in [0, 0.05) is 6.54 Å². The van der Waals surface area contributed by atoms with Crippen LogP contribution in [0.2, 0.25) is 0 Å². The second-order valence-electron chi connectivity index (χ2n) is 3.80. The molecule has 0 radical (unpaired) electrons. The third-order valence-corrected chi connectivity index (χ3v) is 2.60. The Morgan fingerprint density at radius 2 is 2.12 bits per heavy atom. The predicted octanol–water partition coefficient (Wildman–Crippen LogP) is 0.738. The predicted molar refractivity (Wildman–Crippen MR) is 68.2 cm³/mol. The summed E-state index contributed by atoms with van der Waals surface area (Å²) in [6.45, 7) is 11.7. The number of nitrogens with one attached hydrogen (secondary N) is 1. The van der Waals surface area contributed by atoms with Crippen LogP contribution < -0.4 is 11.1 Å². The average Bonchev–Trinajstić information content (AvgIpc) is 2.29. The van der Waals surface area contributed by atoms with Crippen LogP contribution in [0.3, 0.4) is 0 Å². The Hall–Kier alpha value is -0.870. The zero-order valence-electron chi connectivity index (χ0n) is 10.5. The van der Waals surface area contributed by atoms with Crippen LogP contribution in [0, 0.1) is 0 Å². The highest BCUT2D eigenvalue weighted by atomic mass is 16.2. The highest BCUT2D eigenvalue weighted by Crippen LogP contribution is 1.91. The van der Waals surface area contributed by atoms with Gasteiger partial charge in [-0.25, -0.2) is 0 Å². The number of carbonyl (C=O) groups excluding carboxylic acids is 1. The van der Waals surface area contributed by atoms with E-state index in [4.69, 9.17) is 5.73 Å². The molecule has 4 nitrogen and oxygen atoms in total. The Balaban J connectivity index is 3.57. The van der Waals surface area contributed by atoms with Gasteiger partial charge in [-0.1, -0.05) is 19.9 Å². The molecule has 94 valence electrons. The monoisotopic (exact) mass is 227 g/mol. The van der Waals surface area contributed by atoms with Crippen LogP contribution in [-0.4, -0.2) is 43.0 Å². The summed E-state index contributed by atoms with van der Waals surface area (Å²) in [5, 5.41) is 2.83. The van der Waals surface area contributed by atoms with Gasteiger partial charge in [0.15, 0.2) is 0 Å². The van der Waals surface area contributed by atoms with Crippen molar-refractivity contribution in [2.45, 2.75) is 32.7 Å². The second-order valence-corrected chi connectivity index (χ2v) is 3.80. The van der Waals surface area contributed by atoms with Gasteiger partial charge in [0.1, 0.15) is 0 Å². The molecule has 4 heteroatoms. The van der Waals surface area contributed by atoms with Crippen molar-refractivity contribution >= 4 is 5.91 Å². The van der Waals surface area contributed by atoms with E-state index >= 15 is 0 Å². The van der Waals surface area contributed by atoms with Crippen molar-refractivity contribution in [1.82, 2.24) is 10.2 Å². The topological polar surface area (TPSA) is 58.4 Å². The molecule has 0 aromatic heterocycles. The molecular weight excluding hydrogens is 202 g/mol. The summed E-state index contributed by atoms with van der Waals surface area (Å²) in [6.07, 6.45) is 3.16. The summed E-state index contributed by atoms with van der Waals surface area (Å²) >= 11 is 0. The maximum absolute atomic E-state index is 11.4. The Bertz CT molecular complexity index is 202. The lowest BCUT2D eigenvalue weighted by Gasteiger charge is -2.18. The molecule has 0 saturated carbocycles. The number of amides is 1. The van der Waals surface area contributed by atoms with E-state index in [9.17, 15) is 4.79 Å². The van der Waals surface area contributed by atoms with Gasteiger partial charge in [-0.3, -0.25) is 4.79 Å². The molecule has 0 rings (SSSR count). The van der Waals surface area contributed by atoms with Crippen LogP contribution in [0.25, 0.3) is 0 Å². The normalized spacial score (nSPS) is 12.5. The van der Waals surface area contributed by atoms with E-state index < -0.39 is 6.04 Å². The van der Waals surface area contributed by atoms with Gasteiger partial charge in [0.05, 0.1) is 6.04 Å². The van der Waals surface area contributed by atoms with Crippen molar-refractivity contribution in [1.29, 1.82) is 0 Å². The lowest BCUT2D eigenvalue weighted by atomic mass is 10.2. The Kier molecular flexibility index (Phi) is 8.85. The molecule has 1 amide bonds. The third-order valence-electron chi connectivity index (χ3n) is 2.60. The number of rotatable bonds is 9. The fourth-order valence-electron chi connectivity index (χ4n) is 1.47. The number of hydrogen-bond acceptors (Lipinski definition) is 3. The molecule has 3 N–H and O–H groups in total. The van der Waals surface area contributed by atoms with Crippen molar-refractivity contribution in [3.63, 3.8) is 0 Å². The summed E-state index contributed by atoms with van der Waals surface area (Å²) in [7, 11) is 0. The molecule has 0 saturated heterocycles. The van der Waals surface area contributed by atoms with Gasteiger partial charge in [-0.05, 0) is 32.5 Å². The van der Waals surface area contributed by atoms with Gasteiger partial charge in [-0.15, -0.1) is 6.58 Å². The van der Waals surface area contributed by atoms with E-state index in [2.05, 4.69) is 30.6 Å². The molecule has 0 aliphatic rings. The first-order valence-corrected chi connectivity index (χ1v) is 6.02. The standard InChI is InChI=1S/C12H25N3O/c1-4-8-11(13)12(16)14-9-7-10-15(5-2)6-3/h4,11H,1,5-10,13H2,2-3H3,(H,14,16). The zero-order valence-corrected chi connectivity index (χ0v) is 10.5. The van der Waals surface area contributed by atoms with E-state index in [1.54, 1.807) is 6.08 Å². The van der Waals surface area contributed by atoms with E-state index in [0.29, 0.717) is 13.0 Å². The molecule has 0 bridgehead atoms. The second kappa shape index (κ2) is 9.36. The fourth-order valence-corrected chi connectivity index (χ4v) is 1.47. The minimum atomic E-state index is -0.453. The van der Waals surface area contributed by atoms with Crippen LogP contribution in [-0.2, 0) is 4.79 Å². The number of hydrogen-bond donors (Lipinski definition) is 2. The molecule has 0 aromatic carbocycles. The zero-order chi connectivity index (χ0) is 12.4. The molecular formula is C12H25N3O. The summed E-state index contributed by atoms with van der Waals surface area (Å²) in [5.41, 5.74) is 5.63. The van der Waals surface area contributed by atoms with Crippen molar-refractivity contribution in [3.8, 4) is 0 Å². The summed E-state index contributed by atoms with van der Waals surface area (Å²) < 4.78 is 0. The van der Waals surface area contributed by atoms with Gasteiger partial charge in [-0.2, -0.15) is 0 Å². The Morgan fingerprint density at radius 3 is 2.62 bits per heavy atom.